The maximum absolute atomic E-state index is 14.0. The van der Waals surface area contributed by atoms with Crippen LogP contribution in [0.1, 0.15) is 55.0 Å². The first-order valence-corrected chi connectivity index (χ1v) is 8.56. The highest BCUT2D eigenvalue weighted by Crippen LogP contribution is 2.55. The topological polar surface area (TPSA) is 68.5 Å². The molecule has 0 N–H and O–H groups in total. The summed E-state index contributed by atoms with van der Waals surface area (Å²) >= 11 is 0. The number of benzene rings is 1. The van der Waals surface area contributed by atoms with E-state index >= 15 is 0 Å². The van der Waals surface area contributed by atoms with E-state index in [1.165, 1.54) is 13.0 Å². The molecule has 2 heterocycles. The molecule has 26 heavy (non-hydrogen) atoms. The van der Waals surface area contributed by atoms with E-state index in [0.717, 1.165) is 6.07 Å². The normalized spacial score (nSPS) is 27.8. The van der Waals surface area contributed by atoms with Crippen molar-refractivity contribution >= 4 is 5.91 Å². The van der Waals surface area contributed by atoms with Crippen molar-refractivity contribution in [2.24, 2.45) is 0 Å². The lowest BCUT2D eigenvalue weighted by molar-refractivity contribution is -0.130. The summed E-state index contributed by atoms with van der Waals surface area (Å²) in [5.74, 6) is -1.29. The van der Waals surface area contributed by atoms with Crippen LogP contribution in [0.15, 0.2) is 22.6 Å². The Morgan fingerprint density at radius 3 is 2.73 bits per heavy atom. The fourth-order valence-electron chi connectivity index (χ4n) is 3.70. The summed E-state index contributed by atoms with van der Waals surface area (Å²) in [7, 11) is 1.60. The molecule has 1 saturated heterocycles. The molecule has 0 unspecified atom stereocenters. The van der Waals surface area contributed by atoms with Gasteiger partial charge in [0.2, 0.25) is 17.7 Å². The van der Waals surface area contributed by atoms with Crippen LogP contribution < -0.4 is 0 Å². The van der Waals surface area contributed by atoms with Crippen molar-refractivity contribution in [1.29, 1.82) is 0 Å². The van der Waals surface area contributed by atoms with Gasteiger partial charge in [0, 0.05) is 32.9 Å². The molecular formula is C18H19F2N3O3. The number of carbonyl (C=O) groups is 1. The Kier molecular flexibility index (Phi) is 4.22. The third kappa shape index (κ3) is 2.88. The van der Waals surface area contributed by atoms with Gasteiger partial charge in [-0.1, -0.05) is 12.1 Å². The third-order valence-electron chi connectivity index (χ3n) is 5.23. The third-order valence-corrected chi connectivity index (χ3v) is 5.23. The first-order chi connectivity index (χ1) is 12.5. The Morgan fingerprint density at radius 1 is 1.23 bits per heavy atom. The first-order valence-electron chi connectivity index (χ1n) is 8.56. The van der Waals surface area contributed by atoms with Crippen molar-refractivity contribution in [3.8, 4) is 0 Å². The van der Waals surface area contributed by atoms with Gasteiger partial charge in [-0.3, -0.25) is 4.79 Å². The summed E-state index contributed by atoms with van der Waals surface area (Å²) in [6.07, 6.45) is 1.14. The van der Waals surface area contributed by atoms with Crippen LogP contribution in [0.3, 0.4) is 0 Å². The molecular weight excluding hydrogens is 344 g/mol. The van der Waals surface area contributed by atoms with Crippen LogP contribution >= 0.6 is 0 Å². The van der Waals surface area contributed by atoms with Gasteiger partial charge in [-0.15, -0.1) is 10.2 Å². The largest absolute Gasteiger partial charge is 0.423 e. The number of ether oxygens (including phenoxy) is 1. The van der Waals surface area contributed by atoms with Crippen molar-refractivity contribution in [1.82, 2.24) is 15.1 Å². The van der Waals surface area contributed by atoms with Crippen molar-refractivity contribution in [2.45, 2.75) is 43.7 Å². The van der Waals surface area contributed by atoms with Gasteiger partial charge in [-0.25, -0.2) is 8.78 Å². The molecule has 6 nitrogen and oxygen atoms in total. The van der Waals surface area contributed by atoms with E-state index in [0.29, 0.717) is 36.7 Å². The van der Waals surface area contributed by atoms with E-state index in [2.05, 4.69) is 10.2 Å². The van der Waals surface area contributed by atoms with Gasteiger partial charge in [0.15, 0.2) is 11.6 Å². The van der Waals surface area contributed by atoms with Crippen LogP contribution in [0, 0.1) is 11.6 Å². The molecule has 1 aromatic heterocycles. The SMILES string of the molecule is CO[C@H]1C[C@H](c2nnc([C@@H]3C[C@H]3c3cccc(F)c3F)o2)N(C(C)=O)C1. The Bertz CT molecular complexity index is 841. The Hall–Kier alpha value is -2.35. The van der Waals surface area contributed by atoms with Crippen LogP contribution in [0.2, 0.25) is 0 Å². The zero-order chi connectivity index (χ0) is 18.4. The molecule has 2 aromatic rings. The van der Waals surface area contributed by atoms with Crippen molar-refractivity contribution in [3.05, 3.63) is 47.2 Å². The van der Waals surface area contributed by atoms with Gasteiger partial charge in [0.25, 0.3) is 0 Å². The summed E-state index contributed by atoms with van der Waals surface area (Å²) in [5.41, 5.74) is 0.334. The van der Waals surface area contributed by atoms with Crippen molar-refractivity contribution in [2.75, 3.05) is 13.7 Å². The minimum Gasteiger partial charge on any atom is -0.423 e. The average Bonchev–Trinajstić information content (AvgIpc) is 3.07. The molecule has 1 aliphatic carbocycles. The predicted octanol–water partition coefficient (Wildman–Crippen LogP) is 2.93. The monoisotopic (exact) mass is 363 g/mol. The smallest absolute Gasteiger partial charge is 0.239 e. The Balaban J connectivity index is 1.52. The Morgan fingerprint density at radius 2 is 2.00 bits per heavy atom. The summed E-state index contributed by atoms with van der Waals surface area (Å²) in [6.45, 7) is 1.97. The maximum atomic E-state index is 14.0. The maximum Gasteiger partial charge on any atom is 0.239 e. The van der Waals surface area contributed by atoms with E-state index < -0.39 is 11.6 Å². The molecule has 4 rings (SSSR count). The fraction of sp³-hybridized carbons (Fsp3) is 0.500. The molecule has 0 bridgehead atoms. The number of carbonyl (C=O) groups excluding carboxylic acids is 1. The Labute approximate surface area is 149 Å². The van der Waals surface area contributed by atoms with E-state index in [4.69, 9.17) is 9.15 Å². The predicted molar refractivity (Wildman–Crippen MR) is 86.3 cm³/mol. The molecule has 8 heteroatoms. The first kappa shape index (κ1) is 17.1. The standard InChI is InChI=1S/C18H19F2N3O3/c1-9(24)23-8-10(25-2)6-15(23)18-22-21-17(26-18)13-7-12(13)11-4-3-5-14(19)16(11)20/h3-5,10,12-13,15H,6-8H2,1-2H3/t10-,12-,13+,15+/m0/s1. The van der Waals surface area contributed by atoms with Crippen LogP contribution in [0.25, 0.3) is 0 Å². The van der Waals surface area contributed by atoms with E-state index in [-0.39, 0.29) is 29.9 Å². The molecule has 0 spiro atoms. The number of halogens is 2. The van der Waals surface area contributed by atoms with Crippen LogP contribution in [0.4, 0.5) is 8.78 Å². The number of aromatic nitrogens is 2. The number of nitrogens with zero attached hydrogens (tertiary/aromatic N) is 3. The summed E-state index contributed by atoms with van der Waals surface area (Å²) < 4.78 is 38.5. The molecule has 1 saturated carbocycles. The lowest BCUT2D eigenvalue weighted by Gasteiger charge is -2.19. The number of hydrogen-bond acceptors (Lipinski definition) is 5. The van der Waals surface area contributed by atoms with Crippen molar-refractivity contribution in [3.63, 3.8) is 0 Å². The minimum absolute atomic E-state index is 0.0747. The quantitative estimate of drug-likeness (QED) is 0.835. The number of likely N-dealkylation sites (tertiary alicyclic amines) is 1. The average molecular weight is 363 g/mol. The minimum atomic E-state index is -0.854. The zero-order valence-electron chi connectivity index (χ0n) is 14.5. The van der Waals surface area contributed by atoms with Gasteiger partial charge in [-0.2, -0.15) is 0 Å². The lowest BCUT2D eigenvalue weighted by Crippen LogP contribution is -2.29. The second kappa shape index (κ2) is 6.42. The second-order valence-electron chi connectivity index (χ2n) is 6.85. The lowest BCUT2D eigenvalue weighted by atomic mass is 10.1. The van der Waals surface area contributed by atoms with E-state index in [9.17, 15) is 13.6 Å². The highest BCUT2D eigenvalue weighted by Gasteiger charge is 2.46. The highest BCUT2D eigenvalue weighted by atomic mass is 19.2. The number of amides is 1. The van der Waals surface area contributed by atoms with Gasteiger partial charge >= 0.3 is 0 Å². The summed E-state index contributed by atoms with van der Waals surface area (Å²) in [5, 5.41) is 8.18. The molecule has 4 atom stereocenters. The van der Waals surface area contributed by atoms with Crippen LogP contribution in [-0.4, -0.2) is 40.8 Å². The molecule has 1 aromatic carbocycles. The van der Waals surface area contributed by atoms with E-state index in [1.807, 2.05) is 0 Å². The molecule has 2 aliphatic rings. The van der Waals surface area contributed by atoms with Gasteiger partial charge in [-0.05, 0) is 24.0 Å². The molecule has 2 fully saturated rings. The van der Waals surface area contributed by atoms with Crippen molar-refractivity contribution < 1.29 is 22.7 Å². The number of hydrogen-bond donors (Lipinski definition) is 0. The number of methoxy groups -OCH3 is 1. The van der Waals surface area contributed by atoms with E-state index in [1.54, 1.807) is 18.1 Å². The second-order valence-corrected chi connectivity index (χ2v) is 6.85. The van der Waals surface area contributed by atoms with Crippen LogP contribution in [0.5, 0.6) is 0 Å². The van der Waals surface area contributed by atoms with Crippen LogP contribution in [-0.2, 0) is 9.53 Å². The zero-order valence-corrected chi connectivity index (χ0v) is 14.5. The molecule has 1 amide bonds. The van der Waals surface area contributed by atoms with Gasteiger partial charge in [0.05, 0.1) is 6.10 Å². The van der Waals surface area contributed by atoms with Gasteiger partial charge in [0.1, 0.15) is 6.04 Å². The molecule has 0 radical (unpaired) electrons. The summed E-state index contributed by atoms with van der Waals surface area (Å²) in [4.78, 5) is 13.5. The number of rotatable bonds is 4. The molecule has 1 aliphatic heterocycles. The highest BCUT2D eigenvalue weighted by molar-refractivity contribution is 5.74. The summed E-state index contributed by atoms with van der Waals surface area (Å²) in [6, 6.07) is 3.86. The fourth-order valence-corrected chi connectivity index (χ4v) is 3.70. The molecule has 138 valence electrons. The van der Waals surface area contributed by atoms with Gasteiger partial charge < -0.3 is 14.1 Å².